The predicted octanol–water partition coefficient (Wildman–Crippen LogP) is 4.24. The van der Waals surface area contributed by atoms with E-state index in [2.05, 4.69) is 0 Å². The van der Waals surface area contributed by atoms with Crippen molar-refractivity contribution in [1.82, 2.24) is 4.57 Å². The third kappa shape index (κ3) is 6.70. The Labute approximate surface area is 169 Å². The molecule has 0 amide bonds. The van der Waals surface area contributed by atoms with Gasteiger partial charge in [-0.1, -0.05) is 24.3 Å². The Balaban J connectivity index is 0.000000687. The fraction of sp³-hybridized carbons (Fsp3) is 0.130. The van der Waals surface area contributed by atoms with Crippen molar-refractivity contribution >= 4 is 17.8 Å². The Morgan fingerprint density at radius 2 is 1.76 bits per heavy atom. The van der Waals surface area contributed by atoms with Gasteiger partial charge in [-0.3, -0.25) is 9.59 Å². The van der Waals surface area contributed by atoms with E-state index in [1.807, 2.05) is 53.2 Å². The van der Waals surface area contributed by atoms with Crippen LogP contribution in [0.15, 0.2) is 72.9 Å². The number of hydrogen-bond donors (Lipinski definition) is 2. The average Bonchev–Trinajstić information content (AvgIpc) is 3.16. The fourth-order valence-corrected chi connectivity index (χ4v) is 2.59. The number of carboxylic acid groups (broad SMARTS) is 1. The molecule has 3 rings (SSSR count). The zero-order chi connectivity index (χ0) is 21.2. The highest BCUT2D eigenvalue weighted by atomic mass is 16.5. The third-order valence-electron chi connectivity index (χ3n) is 3.90. The molecule has 0 radical (unpaired) electrons. The van der Waals surface area contributed by atoms with Gasteiger partial charge in [0.25, 0.3) is 5.97 Å². The number of carboxylic acids is 1. The summed E-state index contributed by atoms with van der Waals surface area (Å²) < 4.78 is 7.11. The molecule has 0 aliphatic heterocycles. The average molecular weight is 393 g/mol. The largest absolute Gasteiger partial charge is 0.508 e. The van der Waals surface area contributed by atoms with E-state index < -0.39 is 5.97 Å². The molecule has 2 N–H and O–H groups in total. The molecule has 0 saturated heterocycles. The molecule has 3 aromatic rings. The van der Waals surface area contributed by atoms with Crippen molar-refractivity contribution in [2.45, 2.75) is 13.5 Å². The van der Waals surface area contributed by atoms with Gasteiger partial charge < -0.3 is 19.5 Å². The highest BCUT2D eigenvalue weighted by Gasteiger charge is 2.12. The van der Waals surface area contributed by atoms with Crippen molar-refractivity contribution in [2.75, 3.05) is 7.11 Å². The van der Waals surface area contributed by atoms with Crippen molar-refractivity contribution < 1.29 is 24.5 Å². The molecule has 1 aromatic heterocycles. The summed E-state index contributed by atoms with van der Waals surface area (Å²) in [5.74, 6) is 0.0549. The van der Waals surface area contributed by atoms with Crippen LogP contribution in [0.2, 0.25) is 0 Å². The second-order valence-electron chi connectivity index (χ2n) is 6.12. The van der Waals surface area contributed by atoms with E-state index in [1.54, 1.807) is 25.3 Å². The number of methoxy groups -OCH3 is 1. The number of carbonyl (C=O) groups excluding carboxylic acids is 1. The van der Waals surface area contributed by atoms with Crippen molar-refractivity contribution in [3.8, 4) is 11.5 Å². The van der Waals surface area contributed by atoms with Crippen LogP contribution >= 0.6 is 0 Å². The lowest BCUT2D eigenvalue weighted by Crippen LogP contribution is -2.08. The van der Waals surface area contributed by atoms with Crippen molar-refractivity contribution in [2.24, 2.45) is 0 Å². The van der Waals surface area contributed by atoms with Crippen molar-refractivity contribution in [3.05, 3.63) is 89.8 Å². The molecular formula is C23H23NO5. The van der Waals surface area contributed by atoms with E-state index in [-0.39, 0.29) is 11.5 Å². The van der Waals surface area contributed by atoms with E-state index in [1.165, 1.54) is 12.1 Å². The number of carbonyl (C=O) groups is 2. The van der Waals surface area contributed by atoms with E-state index in [9.17, 15) is 9.90 Å². The summed E-state index contributed by atoms with van der Waals surface area (Å²) in [6.45, 7) is 1.67. The number of aromatic hydroxyl groups is 1. The smallest absolute Gasteiger partial charge is 0.300 e. The molecular weight excluding hydrogens is 370 g/mol. The van der Waals surface area contributed by atoms with Gasteiger partial charge in [-0.2, -0.15) is 0 Å². The zero-order valence-corrected chi connectivity index (χ0v) is 16.3. The summed E-state index contributed by atoms with van der Waals surface area (Å²) in [5.41, 5.74) is 2.20. The maximum absolute atomic E-state index is 12.6. The van der Waals surface area contributed by atoms with Gasteiger partial charge in [-0.25, -0.2) is 0 Å². The van der Waals surface area contributed by atoms with Crippen LogP contribution in [0.1, 0.15) is 28.5 Å². The summed E-state index contributed by atoms with van der Waals surface area (Å²) in [7, 11) is 1.64. The van der Waals surface area contributed by atoms with Gasteiger partial charge in [0.2, 0.25) is 5.78 Å². The summed E-state index contributed by atoms with van der Waals surface area (Å²) in [6.07, 6.45) is 5.88. The van der Waals surface area contributed by atoms with Gasteiger partial charge in [-0.15, -0.1) is 0 Å². The van der Waals surface area contributed by atoms with Crippen LogP contribution in [0.25, 0.3) is 6.08 Å². The number of nitrogens with zero attached hydrogens (tertiary/aromatic N) is 1. The second kappa shape index (κ2) is 10.5. The molecule has 0 aliphatic rings. The standard InChI is InChI=1S/C21H19NO3.C2H4O2/c1-25-19-7-2-5-16(15-19)6-3-13-22-14-4-8-20(22)21(24)17-9-11-18(23)12-10-17;1-2(3)4/h2-12,14-15,23H,13H2,1H3;1H3,(H,3,4)/b6-3+;. The van der Waals surface area contributed by atoms with Crippen LogP contribution in [0.4, 0.5) is 0 Å². The van der Waals surface area contributed by atoms with E-state index in [0.717, 1.165) is 18.2 Å². The maximum Gasteiger partial charge on any atom is 0.300 e. The van der Waals surface area contributed by atoms with E-state index in [4.69, 9.17) is 14.6 Å². The molecule has 150 valence electrons. The minimum absolute atomic E-state index is 0.0696. The van der Waals surface area contributed by atoms with Gasteiger partial charge in [0.1, 0.15) is 11.5 Å². The van der Waals surface area contributed by atoms with Crippen LogP contribution in [-0.2, 0) is 11.3 Å². The lowest BCUT2D eigenvalue weighted by Gasteiger charge is -2.06. The normalized spacial score (nSPS) is 10.3. The molecule has 6 heteroatoms. The number of ketones is 1. The molecule has 0 spiro atoms. The molecule has 0 aliphatic carbocycles. The van der Waals surface area contributed by atoms with Crippen LogP contribution in [0.3, 0.4) is 0 Å². The van der Waals surface area contributed by atoms with Gasteiger partial charge in [-0.05, 0) is 54.1 Å². The van der Waals surface area contributed by atoms with Gasteiger partial charge >= 0.3 is 0 Å². The van der Waals surface area contributed by atoms with Crippen LogP contribution in [0, 0.1) is 0 Å². The number of phenolic OH excluding ortho intramolecular Hbond substituents is 1. The van der Waals surface area contributed by atoms with E-state index >= 15 is 0 Å². The van der Waals surface area contributed by atoms with Crippen LogP contribution in [-0.4, -0.2) is 33.6 Å². The number of rotatable bonds is 6. The molecule has 29 heavy (non-hydrogen) atoms. The SMILES string of the molecule is CC(=O)O.COc1cccc(/C=C/Cn2cccc2C(=O)c2ccc(O)cc2)c1. The van der Waals surface area contributed by atoms with Gasteiger partial charge in [0.15, 0.2) is 0 Å². The summed E-state index contributed by atoms with van der Waals surface area (Å²) >= 11 is 0. The molecule has 0 atom stereocenters. The number of aromatic nitrogens is 1. The first-order chi connectivity index (χ1) is 13.9. The minimum atomic E-state index is -0.833. The molecule has 2 aromatic carbocycles. The lowest BCUT2D eigenvalue weighted by atomic mass is 10.1. The molecule has 6 nitrogen and oxygen atoms in total. The molecule has 0 unspecified atom stereocenters. The van der Waals surface area contributed by atoms with E-state index in [0.29, 0.717) is 17.8 Å². The Hall–Kier alpha value is -3.80. The number of hydrogen-bond acceptors (Lipinski definition) is 4. The number of aliphatic carboxylic acids is 1. The Morgan fingerprint density at radius 1 is 1.07 bits per heavy atom. The number of allylic oxidation sites excluding steroid dienone is 1. The van der Waals surface area contributed by atoms with Crippen molar-refractivity contribution in [3.63, 3.8) is 0 Å². The maximum atomic E-state index is 12.6. The predicted molar refractivity (Wildman–Crippen MR) is 111 cm³/mol. The highest BCUT2D eigenvalue weighted by Crippen LogP contribution is 2.16. The Morgan fingerprint density at radius 3 is 2.41 bits per heavy atom. The van der Waals surface area contributed by atoms with Crippen LogP contribution in [0.5, 0.6) is 11.5 Å². The first-order valence-electron chi connectivity index (χ1n) is 8.89. The zero-order valence-electron chi connectivity index (χ0n) is 16.3. The van der Waals surface area contributed by atoms with Crippen LogP contribution < -0.4 is 4.74 Å². The first-order valence-corrected chi connectivity index (χ1v) is 8.89. The summed E-state index contributed by atoms with van der Waals surface area (Å²) in [5, 5.41) is 16.8. The number of ether oxygens (including phenoxy) is 1. The summed E-state index contributed by atoms with van der Waals surface area (Å²) in [4.78, 5) is 21.6. The topological polar surface area (TPSA) is 88.8 Å². The van der Waals surface area contributed by atoms with Gasteiger partial charge in [0.05, 0.1) is 12.8 Å². The lowest BCUT2D eigenvalue weighted by molar-refractivity contribution is -0.134. The molecule has 0 bridgehead atoms. The Kier molecular flexibility index (Phi) is 7.79. The quantitative estimate of drug-likeness (QED) is 0.612. The molecule has 0 saturated carbocycles. The second-order valence-corrected chi connectivity index (χ2v) is 6.12. The first kappa shape index (κ1) is 21.5. The summed E-state index contributed by atoms with van der Waals surface area (Å²) in [6, 6.07) is 17.7. The fourth-order valence-electron chi connectivity index (χ4n) is 2.59. The number of benzene rings is 2. The highest BCUT2D eigenvalue weighted by molar-refractivity contribution is 6.08. The molecule has 0 fully saturated rings. The monoisotopic (exact) mass is 393 g/mol. The molecule has 1 heterocycles. The Bertz CT molecular complexity index is 983. The van der Waals surface area contributed by atoms with Gasteiger partial charge in [0, 0.05) is 25.2 Å². The number of phenols is 1. The third-order valence-corrected chi connectivity index (χ3v) is 3.90. The van der Waals surface area contributed by atoms with Crippen molar-refractivity contribution in [1.29, 1.82) is 0 Å². The minimum Gasteiger partial charge on any atom is -0.508 e.